The molecule has 0 aromatic heterocycles. The van der Waals surface area contributed by atoms with E-state index in [-0.39, 0.29) is 12.0 Å². The summed E-state index contributed by atoms with van der Waals surface area (Å²) in [6.07, 6.45) is -0.536. The van der Waals surface area contributed by atoms with Crippen LogP contribution in [0.3, 0.4) is 0 Å². The van der Waals surface area contributed by atoms with Crippen LogP contribution in [-0.4, -0.2) is 74.2 Å². The Morgan fingerprint density at radius 2 is 1.70 bits per heavy atom. The van der Waals surface area contributed by atoms with Crippen molar-refractivity contribution in [1.82, 2.24) is 9.80 Å². The number of nitrogens with zero attached hydrogens (tertiary/aromatic N) is 2. The zero-order chi connectivity index (χ0) is 23.4. The molecule has 7 heteroatoms. The van der Waals surface area contributed by atoms with Gasteiger partial charge in [-0.05, 0) is 41.3 Å². The maximum atomic E-state index is 10.6. The number of hydrogen-bond acceptors (Lipinski definition) is 7. The molecule has 2 aromatic carbocycles. The van der Waals surface area contributed by atoms with Crippen molar-refractivity contribution in [3.8, 4) is 23.0 Å². The number of fused-ring (bicyclic) bond motifs is 1. The van der Waals surface area contributed by atoms with E-state index in [0.29, 0.717) is 13.3 Å². The molecular formula is C26H36N2O5. The van der Waals surface area contributed by atoms with E-state index in [1.54, 1.807) is 7.11 Å². The minimum Gasteiger partial charge on any atom is -0.496 e. The summed E-state index contributed by atoms with van der Waals surface area (Å²) in [4.78, 5) is 4.74. The predicted octanol–water partition coefficient (Wildman–Crippen LogP) is 3.28. The monoisotopic (exact) mass is 456 g/mol. The second kappa shape index (κ2) is 10.2. The van der Waals surface area contributed by atoms with E-state index in [0.717, 1.165) is 61.3 Å². The first kappa shape index (κ1) is 23.7. The molecule has 0 saturated carbocycles. The third-order valence-corrected chi connectivity index (χ3v) is 6.20. The van der Waals surface area contributed by atoms with E-state index in [2.05, 4.69) is 42.7 Å². The highest BCUT2D eigenvalue weighted by Crippen LogP contribution is 2.34. The van der Waals surface area contributed by atoms with Gasteiger partial charge in [0.1, 0.15) is 24.2 Å². The summed E-state index contributed by atoms with van der Waals surface area (Å²) in [5.41, 5.74) is 2.27. The van der Waals surface area contributed by atoms with Crippen LogP contribution in [0.15, 0.2) is 36.4 Å². The van der Waals surface area contributed by atoms with Gasteiger partial charge in [0.25, 0.3) is 0 Å². The zero-order valence-electron chi connectivity index (χ0n) is 20.2. The van der Waals surface area contributed by atoms with Crippen LogP contribution >= 0.6 is 0 Å². The van der Waals surface area contributed by atoms with Gasteiger partial charge in [-0.15, -0.1) is 0 Å². The van der Waals surface area contributed by atoms with Crippen molar-refractivity contribution in [2.45, 2.75) is 38.8 Å². The summed E-state index contributed by atoms with van der Waals surface area (Å²) >= 11 is 0. The SMILES string of the molecule is COc1ccc(OCC(O)CN2CCN(Cc3ccc4c(c3)OCO4)CC2)cc1C(C)(C)C. The average Bonchev–Trinajstić information content (AvgIpc) is 3.26. The van der Waals surface area contributed by atoms with Crippen molar-refractivity contribution < 1.29 is 24.1 Å². The normalized spacial score (nSPS) is 17.7. The molecule has 180 valence electrons. The van der Waals surface area contributed by atoms with Crippen LogP contribution in [0.2, 0.25) is 0 Å². The molecule has 1 unspecified atom stereocenters. The van der Waals surface area contributed by atoms with Crippen LogP contribution in [0, 0.1) is 0 Å². The highest BCUT2D eigenvalue weighted by molar-refractivity contribution is 5.45. The molecule has 1 fully saturated rings. The van der Waals surface area contributed by atoms with Crippen molar-refractivity contribution in [2.75, 3.05) is 53.2 Å². The number of benzene rings is 2. The molecule has 0 aliphatic carbocycles. The quantitative estimate of drug-likeness (QED) is 0.654. The van der Waals surface area contributed by atoms with Crippen molar-refractivity contribution >= 4 is 0 Å². The van der Waals surface area contributed by atoms with Gasteiger partial charge >= 0.3 is 0 Å². The third-order valence-electron chi connectivity index (χ3n) is 6.20. The molecule has 4 rings (SSSR count). The Balaban J connectivity index is 1.21. The van der Waals surface area contributed by atoms with E-state index >= 15 is 0 Å². The molecule has 1 N–H and O–H groups in total. The number of aliphatic hydroxyl groups excluding tert-OH is 1. The van der Waals surface area contributed by atoms with E-state index < -0.39 is 6.10 Å². The third kappa shape index (κ3) is 6.10. The molecule has 1 saturated heterocycles. The molecule has 2 aliphatic rings. The van der Waals surface area contributed by atoms with Gasteiger partial charge < -0.3 is 24.1 Å². The lowest BCUT2D eigenvalue weighted by Gasteiger charge is -2.35. The molecule has 0 spiro atoms. The lowest BCUT2D eigenvalue weighted by atomic mass is 9.86. The molecule has 2 heterocycles. The van der Waals surface area contributed by atoms with Gasteiger partial charge in [-0.1, -0.05) is 26.8 Å². The van der Waals surface area contributed by atoms with Gasteiger partial charge in [0.05, 0.1) is 7.11 Å². The van der Waals surface area contributed by atoms with Gasteiger partial charge in [-0.25, -0.2) is 0 Å². The largest absolute Gasteiger partial charge is 0.496 e. The summed E-state index contributed by atoms with van der Waals surface area (Å²) in [6.45, 7) is 12.3. The van der Waals surface area contributed by atoms with Crippen molar-refractivity contribution in [1.29, 1.82) is 0 Å². The topological polar surface area (TPSA) is 63.6 Å². The molecule has 33 heavy (non-hydrogen) atoms. The molecule has 0 amide bonds. The van der Waals surface area contributed by atoms with Crippen molar-refractivity contribution in [3.63, 3.8) is 0 Å². The van der Waals surface area contributed by atoms with Crippen LogP contribution in [0.1, 0.15) is 31.9 Å². The average molecular weight is 457 g/mol. The number of rotatable bonds is 8. The van der Waals surface area contributed by atoms with Crippen molar-refractivity contribution in [2.24, 2.45) is 0 Å². The number of aliphatic hydroxyl groups is 1. The fourth-order valence-electron chi connectivity index (χ4n) is 4.33. The Kier molecular flexibility index (Phi) is 7.32. The fourth-order valence-corrected chi connectivity index (χ4v) is 4.33. The van der Waals surface area contributed by atoms with Crippen LogP contribution < -0.4 is 18.9 Å². The Labute approximate surface area is 196 Å². The Morgan fingerprint density at radius 1 is 0.970 bits per heavy atom. The lowest BCUT2D eigenvalue weighted by molar-refractivity contribution is 0.0446. The molecule has 1 atom stereocenters. The number of piperazine rings is 1. The first-order valence-electron chi connectivity index (χ1n) is 11.6. The molecule has 0 bridgehead atoms. The van der Waals surface area contributed by atoms with Gasteiger partial charge in [0, 0.05) is 44.8 Å². The highest BCUT2D eigenvalue weighted by Gasteiger charge is 2.22. The van der Waals surface area contributed by atoms with Gasteiger partial charge in [-0.2, -0.15) is 0 Å². The standard InChI is InChI=1S/C26H36N2O5/c1-26(2,3)22-14-21(6-8-23(22)30-4)31-17-20(29)16-28-11-9-27(10-12-28)15-19-5-7-24-25(13-19)33-18-32-24/h5-8,13-14,20,29H,9-12,15-18H2,1-4H3. The first-order chi connectivity index (χ1) is 15.8. The highest BCUT2D eigenvalue weighted by atomic mass is 16.7. The number of β-amino-alcohol motifs (C(OH)–C–C–N with tert-alkyl or cyclic N) is 1. The minimum absolute atomic E-state index is 0.0520. The Bertz CT molecular complexity index is 935. The number of hydrogen-bond donors (Lipinski definition) is 1. The Morgan fingerprint density at radius 3 is 2.42 bits per heavy atom. The summed E-state index contributed by atoms with van der Waals surface area (Å²) < 4.78 is 22.3. The smallest absolute Gasteiger partial charge is 0.231 e. The van der Waals surface area contributed by atoms with E-state index in [4.69, 9.17) is 18.9 Å². The number of methoxy groups -OCH3 is 1. The van der Waals surface area contributed by atoms with Gasteiger partial charge in [0.15, 0.2) is 11.5 Å². The second-order valence-electron chi connectivity index (χ2n) is 9.84. The van der Waals surface area contributed by atoms with Crippen LogP contribution in [0.4, 0.5) is 0 Å². The molecule has 2 aromatic rings. The predicted molar refractivity (Wildman–Crippen MR) is 127 cm³/mol. The van der Waals surface area contributed by atoms with E-state index in [1.165, 1.54) is 5.56 Å². The van der Waals surface area contributed by atoms with E-state index in [9.17, 15) is 5.11 Å². The first-order valence-corrected chi connectivity index (χ1v) is 11.6. The van der Waals surface area contributed by atoms with Crippen LogP contribution in [0.5, 0.6) is 23.0 Å². The lowest BCUT2D eigenvalue weighted by Crippen LogP contribution is -2.48. The summed E-state index contributed by atoms with van der Waals surface area (Å²) in [5, 5.41) is 10.6. The maximum Gasteiger partial charge on any atom is 0.231 e. The summed E-state index contributed by atoms with van der Waals surface area (Å²) in [6, 6.07) is 12.0. The van der Waals surface area contributed by atoms with Gasteiger partial charge in [-0.3, -0.25) is 9.80 Å². The zero-order valence-corrected chi connectivity index (χ0v) is 20.2. The Hall–Kier alpha value is -2.48. The molecule has 2 aliphatic heterocycles. The molecular weight excluding hydrogens is 420 g/mol. The fraction of sp³-hybridized carbons (Fsp3) is 0.538. The summed E-state index contributed by atoms with van der Waals surface area (Å²) in [5.74, 6) is 3.27. The van der Waals surface area contributed by atoms with Gasteiger partial charge in [0.2, 0.25) is 6.79 Å². The summed E-state index contributed by atoms with van der Waals surface area (Å²) in [7, 11) is 1.68. The van der Waals surface area contributed by atoms with Crippen LogP contribution in [-0.2, 0) is 12.0 Å². The maximum absolute atomic E-state index is 10.6. The molecule has 7 nitrogen and oxygen atoms in total. The molecule has 0 radical (unpaired) electrons. The second-order valence-corrected chi connectivity index (χ2v) is 9.84. The van der Waals surface area contributed by atoms with Crippen LogP contribution in [0.25, 0.3) is 0 Å². The minimum atomic E-state index is -0.536. The number of ether oxygens (including phenoxy) is 4. The van der Waals surface area contributed by atoms with E-state index in [1.807, 2.05) is 24.3 Å². The van der Waals surface area contributed by atoms with Crippen molar-refractivity contribution in [3.05, 3.63) is 47.5 Å².